The molecule has 0 fully saturated rings. The number of methoxy groups -OCH3 is 1. The first-order valence-corrected chi connectivity index (χ1v) is 4.63. The highest BCUT2D eigenvalue weighted by molar-refractivity contribution is 5.79. The summed E-state index contributed by atoms with van der Waals surface area (Å²) in [6, 6.07) is 0. The minimum absolute atomic E-state index is 0.292. The molecule has 1 aromatic heterocycles. The van der Waals surface area contributed by atoms with Crippen molar-refractivity contribution in [2.45, 2.75) is 25.9 Å². The summed E-state index contributed by atoms with van der Waals surface area (Å²) in [6.07, 6.45) is 4.87. The van der Waals surface area contributed by atoms with Crippen molar-refractivity contribution in [1.82, 2.24) is 15.3 Å². The Hall–Kier alpha value is -1.49. The van der Waals surface area contributed by atoms with E-state index in [1.54, 1.807) is 26.2 Å². The van der Waals surface area contributed by atoms with E-state index in [9.17, 15) is 4.79 Å². The number of nitrogens with zero attached hydrogens (tertiary/aromatic N) is 2. The highest BCUT2D eigenvalue weighted by Crippen LogP contribution is 2.06. The molecule has 5 nitrogen and oxygen atoms in total. The van der Waals surface area contributed by atoms with Crippen LogP contribution in [0.2, 0.25) is 0 Å². The second-order valence-corrected chi connectivity index (χ2v) is 3.72. The molecular formula is C10H15N3O2. The number of aromatic nitrogens is 2. The summed E-state index contributed by atoms with van der Waals surface area (Å²) in [5.74, 6) is -0.292. The van der Waals surface area contributed by atoms with Gasteiger partial charge in [-0.3, -0.25) is 10.1 Å². The van der Waals surface area contributed by atoms with Crippen molar-refractivity contribution in [2.75, 3.05) is 7.11 Å². The summed E-state index contributed by atoms with van der Waals surface area (Å²) in [6.45, 7) is 4.06. The fourth-order valence-electron chi connectivity index (χ4n) is 1.07. The van der Waals surface area contributed by atoms with Crippen LogP contribution in [0.1, 0.15) is 19.4 Å². The van der Waals surface area contributed by atoms with Crippen LogP contribution in [-0.2, 0) is 16.1 Å². The van der Waals surface area contributed by atoms with Crippen molar-refractivity contribution in [3.63, 3.8) is 0 Å². The van der Waals surface area contributed by atoms with Gasteiger partial charge in [-0.05, 0) is 13.8 Å². The summed E-state index contributed by atoms with van der Waals surface area (Å²) in [7, 11) is 1.37. The van der Waals surface area contributed by atoms with Crippen LogP contribution in [0.4, 0.5) is 0 Å². The maximum absolute atomic E-state index is 11.3. The number of carbonyl (C=O) groups excluding carboxylic acids is 1. The molecule has 15 heavy (non-hydrogen) atoms. The van der Waals surface area contributed by atoms with Crippen LogP contribution < -0.4 is 5.32 Å². The normalized spacial score (nSPS) is 11.1. The molecule has 82 valence electrons. The summed E-state index contributed by atoms with van der Waals surface area (Å²) >= 11 is 0. The third-order valence-corrected chi connectivity index (χ3v) is 2.04. The average Bonchev–Trinajstić information content (AvgIpc) is 2.27. The Morgan fingerprint density at radius 2 is 2.07 bits per heavy atom. The van der Waals surface area contributed by atoms with Crippen molar-refractivity contribution in [2.24, 2.45) is 0 Å². The van der Waals surface area contributed by atoms with E-state index in [2.05, 4.69) is 20.0 Å². The number of esters is 1. The Morgan fingerprint density at radius 3 is 2.60 bits per heavy atom. The lowest BCUT2D eigenvalue weighted by Crippen LogP contribution is -2.46. The maximum atomic E-state index is 11.3. The van der Waals surface area contributed by atoms with Gasteiger partial charge in [-0.15, -0.1) is 0 Å². The lowest BCUT2D eigenvalue weighted by molar-refractivity contribution is -0.147. The zero-order valence-electron chi connectivity index (χ0n) is 9.15. The monoisotopic (exact) mass is 209 g/mol. The van der Waals surface area contributed by atoms with Gasteiger partial charge < -0.3 is 4.74 Å². The van der Waals surface area contributed by atoms with Crippen molar-refractivity contribution >= 4 is 5.97 Å². The van der Waals surface area contributed by atoms with E-state index < -0.39 is 5.54 Å². The number of carbonyl (C=O) groups is 1. The third kappa shape index (κ3) is 3.28. The minimum atomic E-state index is -0.704. The highest BCUT2D eigenvalue weighted by Gasteiger charge is 2.27. The molecule has 0 atom stereocenters. The summed E-state index contributed by atoms with van der Waals surface area (Å²) in [5, 5.41) is 3.07. The standard InChI is InChI=1S/C10H15N3O2/c1-10(2,9(14)15-3)13-6-8-4-11-7-12-5-8/h4-5,7,13H,6H2,1-3H3. The Labute approximate surface area is 88.9 Å². The van der Waals surface area contributed by atoms with E-state index in [0.29, 0.717) is 6.54 Å². The molecule has 1 rings (SSSR count). The van der Waals surface area contributed by atoms with Gasteiger partial charge in [0, 0.05) is 24.5 Å². The van der Waals surface area contributed by atoms with E-state index in [1.807, 2.05) is 0 Å². The van der Waals surface area contributed by atoms with Crippen LogP contribution in [0, 0.1) is 0 Å². The van der Waals surface area contributed by atoms with Gasteiger partial charge in [-0.2, -0.15) is 0 Å². The van der Waals surface area contributed by atoms with E-state index in [-0.39, 0.29) is 5.97 Å². The van der Waals surface area contributed by atoms with Crippen molar-refractivity contribution < 1.29 is 9.53 Å². The SMILES string of the molecule is COC(=O)C(C)(C)NCc1cncnc1. The minimum Gasteiger partial charge on any atom is -0.468 e. The van der Waals surface area contributed by atoms with Gasteiger partial charge in [0.05, 0.1) is 7.11 Å². The molecule has 0 amide bonds. The Bertz CT molecular complexity index is 325. The molecule has 1 N–H and O–H groups in total. The quantitative estimate of drug-likeness (QED) is 0.732. The molecule has 1 aromatic rings. The molecule has 0 spiro atoms. The number of rotatable bonds is 4. The van der Waals surface area contributed by atoms with Crippen LogP contribution in [0.5, 0.6) is 0 Å². The molecular weight excluding hydrogens is 194 g/mol. The maximum Gasteiger partial charge on any atom is 0.325 e. The number of hydrogen-bond donors (Lipinski definition) is 1. The first kappa shape index (κ1) is 11.6. The highest BCUT2D eigenvalue weighted by atomic mass is 16.5. The Morgan fingerprint density at radius 1 is 1.47 bits per heavy atom. The van der Waals surface area contributed by atoms with Crippen LogP contribution in [0.3, 0.4) is 0 Å². The molecule has 0 aliphatic carbocycles. The molecule has 5 heteroatoms. The fourth-order valence-corrected chi connectivity index (χ4v) is 1.07. The molecule has 0 aromatic carbocycles. The largest absolute Gasteiger partial charge is 0.468 e. The molecule has 1 heterocycles. The predicted molar refractivity (Wildman–Crippen MR) is 55.0 cm³/mol. The average molecular weight is 209 g/mol. The molecule has 0 bridgehead atoms. The zero-order valence-corrected chi connectivity index (χ0v) is 9.15. The summed E-state index contributed by atoms with van der Waals surface area (Å²) < 4.78 is 4.67. The molecule has 0 saturated heterocycles. The molecule has 0 saturated carbocycles. The van der Waals surface area contributed by atoms with Crippen molar-refractivity contribution in [3.8, 4) is 0 Å². The van der Waals surface area contributed by atoms with Gasteiger partial charge >= 0.3 is 5.97 Å². The second-order valence-electron chi connectivity index (χ2n) is 3.72. The Kier molecular flexibility index (Phi) is 3.74. The van der Waals surface area contributed by atoms with Gasteiger partial charge in [0.25, 0.3) is 0 Å². The fraction of sp³-hybridized carbons (Fsp3) is 0.500. The molecule has 0 radical (unpaired) electrons. The Balaban J connectivity index is 2.53. The number of hydrogen-bond acceptors (Lipinski definition) is 5. The van der Waals surface area contributed by atoms with E-state index in [0.717, 1.165) is 5.56 Å². The van der Waals surface area contributed by atoms with Crippen LogP contribution in [-0.4, -0.2) is 28.6 Å². The first-order chi connectivity index (χ1) is 7.06. The number of nitrogens with one attached hydrogen (secondary N) is 1. The zero-order chi connectivity index (χ0) is 11.3. The van der Waals surface area contributed by atoms with Gasteiger partial charge in [0.1, 0.15) is 11.9 Å². The van der Waals surface area contributed by atoms with Crippen LogP contribution in [0.15, 0.2) is 18.7 Å². The molecule has 0 aliphatic rings. The van der Waals surface area contributed by atoms with Gasteiger partial charge in [-0.1, -0.05) is 0 Å². The van der Waals surface area contributed by atoms with Crippen molar-refractivity contribution in [1.29, 1.82) is 0 Å². The topological polar surface area (TPSA) is 64.1 Å². The van der Waals surface area contributed by atoms with Gasteiger partial charge in [-0.25, -0.2) is 9.97 Å². The van der Waals surface area contributed by atoms with E-state index in [4.69, 9.17) is 0 Å². The van der Waals surface area contributed by atoms with E-state index in [1.165, 1.54) is 13.4 Å². The smallest absolute Gasteiger partial charge is 0.325 e. The van der Waals surface area contributed by atoms with E-state index >= 15 is 0 Å². The van der Waals surface area contributed by atoms with Gasteiger partial charge in [0.2, 0.25) is 0 Å². The van der Waals surface area contributed by atoms with Crippen LogP contribution >= 0.6 is 0 Å². The number of ether oxygens (including phenoxy) is 1. The van der Waals surface area contributed by atoms with Crippen molar-refractivity contribution in [3.05, 3.63) is 24.3 Å². The predicted octanol–water partition coefficient (Wildman–Crippen LogP) is 0.518. The second kappa shape index (κ2) is 4.84. The molecule has 0 unspecified atom stereocenters. The van der Waals surface area contributed by atoms with Gasteiger partial charge in [0.15, 0.2) is 0 Å². The third-order valence-electron chi connectivity index (χ3n) is 2.04. The lowest BCUT2D eigenvalue weighted by atomic mass is 10.1. The summed E-state index contributed by atoms with van der Waals surface area (Å²) in [5.41, 5.74) is 0.222. The molecule has 0 aliphatic heterocycles. The van der Waals surface area contributed by atoms with Crippen LogP contribution in [0.25, 0.3) is 0 Å². The first-order valence-electron chi connectivity index (χ1n) is 4.63. The summed E-state index contributed by atoms with van der Waals surface area (Å²) in [4.78, 5) is 19.1. The lowest BCUT2D eigenvalue weighted by Gasteiger charge is -2.22.